The number of hydrogen-bond donors (Lipinski definition) is 1. The van der Waals surface area contributed by atoms with Crippen LogP contribution in [0.3, 0.4) is 0 Å². The third-order valence-corrected chi connectivity index (χ3v) is 3.41. The van der Waals surface area contributed by atoms with Gasteiger partial charge in [-0.15, -0.1) is 0 Å². The number of hydrogen-bond acceptors (Lipinski definition) is 4. The molecule has 0 aromatic heterocycles. The molecule has 0 aliphatic carbocycles. The maximum absolute atomic E-state index is 5.79. The number of nitrogens with one attached hydrogen (secondary N) is 1. The maximum atomic E-state index is 5.79. The molecule has 1 aromatic rings. The Kier molecular flexibility index (Phi) is 6.33. The molecule has 1 atom stereocenters. The first-order chi connectivity index (χ1) is 10.2. The lowest BCUT2D eigenvalue weighted by molar-refractivity contribution is 0.0611. The summed E-state index contributed by atoms with van der Waals surface area (Å²) >= 11 is 0. The second-order valence-corrected chi connectivity index (χ2v) is 5.65. The SMILES string of the molecule is CCCNC(COC(C)C)c1ccc2c(c1)OCCCO2. The summed E-state index contributed by atoms with van der Waals surface area (Å²) in [6.07, 6.45) is 2.26. The minimum Gasteiger partial charge on any atom is -0.490 e. The van der Waals surface area contributed by atoms with Crippen molar-refractivity contribution in [2.24, 2.45) is 0 Å². The van der Waals surface area contributed by atoms with Crippen LogP contribution in [-0.4, -0.2) is 32.5 Å². The zero-order valence-electron chi connectivity index (χ0n) is 13.4. The average molecular weight is 293 g/mol. The summed E-state index contributed by atoms with van der Waals surface area (Å²) in [6.45, 7) is 9.36. The summed E-state index contributed by atoms with van der Waals surface area (Å²) in [5.41, 5.74) is 1.19. The first kappa shape index (κ1) is 16.1. The Bertz CT molecular complexity index is 434. The van der Waals surface area contributed by atoms with Gasteiger partial charge in [0.2, 0.25) is 0 Å². The molecule has 0 saturated carbocycles. The van der Waals surface area contributed by atoms with E-state index in [1.54, 1.807) is 0 Å². The lowest BCUT2D eigenvalue weighted by atomic mass is 10.1. The van der Waals surface area contributed by atoms with Crippen LogP contribution in [0, 0.1) is 0 Å². The second kappa shape index (κ2) is 8.25. The van der Waals surface area contributed by atoms with Crippen LogP contribution in [-0.2, 0) is 4.74 Å². The molecule has 1 unspecified atom stereocenters. The van der Waals surface area contributed by atoms with Gasteiger partial charge in [-0.3, -0.25) is 0 Å². The van der Waals surface area contributed by atoms with Crippen LogP contribution in [0.2, 0.25) is 0 Å². The smallest absolute Gasteiger partial charge is 0.161 e. The van der Waals surface area contributed by atoms with Crippen molar-refractivity contribution < 1.29 is 14.2 Å². The second-order valence-electron chi connectivity index (χ2n) is 5.65. The van der Waals surface area contributed by atoms with Crippen molar-refractivity contribution in [2.75, 3.05) is 26.4 Å². The standard InChI is InChI=1S/C17H27NO3/c1-4-8-18-15(12-21-13(2)3)14-6-7-16-17(11-14)20-10-5-9-19-16/h6-7,11,13,15,18H,4-5,8-10,12H2,1-3H3. The molecule has 1 N–H and O–H groups in total. The maximum Gasteiger partial charge on any atom is 0.161 e. The number of ether oxygens (including phenoxy) is 3. The van der Waals surface area contributed by atoms with Crippen molar-refractivity contribution in [2.45, 2.75) is 45.8 Å². The van der Waals surface area contributed by atoms with Crippen LogP contribution in [0.4, 0.5) is 0 Å². The molecule has 4 nitrogen and oxygen atoms in total. The van der Waals surface area contributed by atoms with E-state index in [4.69, 9.17) is 14.2 Å². The topological polar surface area (TPSA) is 39.7 Å². The highest BCUT2D eigenvalue weighted by Gasteiger charge is 2.16. The third-order valence-electron chi connectivity index (χ3n) is 3.41. The Morgan fingerprint density at radius 1 is 1.19 bits per heavy atom. The van der Waals surface area contributed by atoms with Crippen LogP contribution in [0.25, 0.3) is 0 Å². The first-order valence-corrected chi connectivity index (χ1v) is 7.95. The van der Waals surface area contributed by atoms with Crippen molar-refractivity contribution in [1.82, 2.24) is 5.32 Å². The molecule has 0 amide bonds. The van der Waals surface area contributed by atoms with E-state index in [1.807, 2.05) is 6.07 Å². The van der Waals surface area contributed by atoms with E-state index in [0.29, 0.717) is 13.2 Å². The Labute approximate surface area is 127 Å². The van der Waals surface area contributed by atoms with Crippen LogP contribution < -0.4 is 14.8 Å². The molecular formula is C17H27NO3. The van der Waals surface area contributed by atoms with Crippen LogP contribution in [0.1, 0.15) is 45.2 Å². The highest BCUT2D eigenvalue weighted by atomic mass is 16.5. The van der Waals surface area contributed by atoms with Gasteiger partial charge < -0.3 is 19.5 Å². The van der Waals surface area contributed by atoms with Gasteiger partial charge in [0.25, 0.3) is 0 Å². The summed E-state index contributed by atoms with van der Waals surface area (Å²) in [5.74, 6) is 1.69. The van der Waals surface area contributed by atoms with Gasteiger partial charge in [0.05, 0.1) is 32.0 Å². The monoisotopic (exact) mass is 293 g/mol. The molecule has 0 radical (unpaired) electrons. The molecule has 0 spiro atoms. The summed E-state index contributed by atoms with van der Waals surface area (Å²) in [7, 11) is 0. The average Bonchev–Trinajstić information content (AvgIpc) is 2.71. The molecule has 1 aromatic carbocycles. The minimum absolute atomic E-state index is 0.185. The summed E-state index contributed by atoms with van der Waals surface area (Å²) in [6, 6.07) is 6.37. The zero-order valence-corrected chi connectivity index (χ0v) is 13.4. The van der Waals surface area contributed by atoms with Gasteiger partial charge in [0.1, 0.15) is 0 Å². The van der Waals surface area contributed by atoms with Gasteiger partial charge in [-0.2, -0.15) is 0 Å². The molecule has 0 fully saturated rings. The van der Waals surface area contributed by atoms with E-state index < -0.39 is 0 Å². The van der Waals surface area contributed by atoms with E-state index in [2.05, 4.69) is 38.2 Å². The molecule has 21 heavy (non-hydrogen) atoms. The molecule has 1 aliphatic heterocycles. The van der Waals surface area contributed by atoms with Crippen LogP contribution >= 0.6 is 0 Å². The zero-order chi connectivity index (χ0) is 15.1. The fraction of sp³-hybridized carbons (Fsp3) is 0.647. The summed E-state index contributed by atoms with van der Waals surface area (Å²) in [4.78, 5) is 0. The number of benzene rings is 1. The third kappa shape index (κ3) is 4.90. The molecule has 1 aliphatic rings. The fourth-order valence-corrected chi connectivity index (χ4v) is 2.28. The van der Waals surface area contributed by atoms with E-state index in [9.17, 15) is 0 Å². The Balaban J connectivity index is 2.12. The Morgan fingerprint density at radius 2 is 1.95 bits per heavy atom. The quantitative estimate of drug-likeness (QED) is 0.837. The van der Waals surface area contributed by atoms with Gasteiger partial charge >= 0.3 is 0 Å². The predicted octanol–water partition coefficient (Wildman–Crippen LogP) is 3.31. The van der Waals surface area contributed by atoms with Gasteiger partial charge in [0, 0.05) is 6.42 Å². The molecule has 0 bridgehead atoms. The Morgan fingerprint density at radius 3 is 2.67 bits per heavy atom. The van der Waals surface area contributed by atoms with Crippen LogP contribution in [0.5, 0.6) is 11.5 Å². The molecule has 0 saturated heterocycles. The number of fused-ring (bicyclic) bond motifs is 1. The van der Waals surface area contributed by atoms with Crippen molar-refractivity contribution >= 4 is 0 Å². The molecule has 118 valence electrons. The lowest BCUT2D eigenvalue weighted by Gasteiger charge is -2.21. The Hall–Kier alpha value is -1.26. The van der Waals surface area contributed by atoms with Gasteiger partial charge in [-0.05, 0) is 44.5 Å². The molecular weight excluding hydrogens is 266 g/mol. The van der Waals surface area contributed by atoms with Crippen molar-refractivity contribution in [3.63, 3.8) is 0 Å². The van der Waals surface area contributed by atoms with Gasteiger partial charge in [-0.25, -0.2) is 0 Å². The van der Waals surface area contributed by atoms with Crippen molar-refractivity contribution in [1.29, 1.82) is 0 Å². The van der Waals surface area contributed by atoms with E-state index >= 15 is 0 Å². The first-order valence-electron chi connectivity index (χ1n) is 7.95. The number of rotatable bonds is 7. The largest absolute Gasteiger partial charge is 0.490 e. The minimum atomic E-state index is 0.185. The lowest BCUT2D eigenvalue weighted by Crippen LogP contribution is -2.27. The highest BCUT2D eigenvalue weighted by molar-refractivity contribution is 5.44. The van der Waals surface area contributed by atoms with Gasteiger partial charge in [0.15, 0.2) is 11.5 Å². The van der Waals surface area contributed by atoms with E-state index in [0.717, 1.165) is 37.5 Å². The predicted molar refractivity (Wildman–Crippen MR) is 84.2 cm³/mol. The summed E-state index contributed by atoms with van der Waals surface area (Å²) < 4.78 is 17.3. The van der Waals surface area contributed by atoms with Crippen LogP contribution in [0.15, 0.2) is 18.2 Å². The van der Waals surface area contributed by atoms with E-state index in [-0.39, 0.29) is 12.1 Å². The summed E-state index contributed by atoms with van der Waals surface area (Å²) in [5, 5.41) is 3.54. The van der Waals surface area contributed by atoms with E-state index in [1.165, 1.54) is 5.56 Å². The van der Waals surface area contributed by atoms with Crippen molar-refractivity contribution in [3.8, 4) is 11.5 Å². The fourth-order valence-electron chi connectivity index (χ4n) is 2.28. The molecule has 1 heterocycles. The van der Waals surface area contributed by atoms with Gasteiger partial charge in [-0.1, -0.05) is 13.0 Å². The molecule has 4 heteroatoms. The normalized spacial score (nSPS) is 15.8. The van der Waals surface area contributed by atoms with Crippen molar-refractivity contribution in [3.05, 3.63) is 23.8 Å². The highest BCUT2D eigenvalue weighted by Crippen LogP contribution is 2.32. The molecule has 2 rings (SSSR count).